The first-order chi connectivity index (χ1) is 9.21. The Bertz CT molecular complexity index is 339. The van der Waals surface area contributed by atoms with Crippen molar-refractivity contribution in [1.82, 2.24) is 4.90 Å². The zero-order chi connectivity index (χ0) is 14.1. The summed E-state index contributed by atoms with van der Waals surface area (Å²) in [6.45, 7) is 6.44. The summed E-state index contributed by atoms with van der Waals surface area (Å²) in [5.74, 6) is 0.418. The minimum atomic E-state index is -0.258. The number of ether oxygens (including phenoxy) is 1. The molecular weight excluding hydrogens is 245 g/mol. The van der Waals surface area contributed by atoms with Crippen molar-refractivity contribution >= 4 is 0 Å². The maximum atomic E-state index is 12.7. The van der Waals surface area contributed by atoms with Crippen LogP contribution in [0.4, 0.5) is 4.39 Å². The maximum Gasteiger partial charge on any atom is 0.123 e. The molecule has 1 aromatic rings. The van der Waals surface area contributed by atoms with Gasteiger partial charge in [0.1, 0.15) is 18.2 Å². The summed E-state index contributed by atoms with van der Waals surface area (Å²) in [6.07, 6.45) is 2.13. The van der Waals surface area contributed by atoms with E-state index in [1.54, 1.807) is 12.1 Å². The van der Waals surface area contributed by atoms with Crippen molar-refractivity contribution in [2.24, 2.45) is 0 Å². The third-order valence-corrected chi connectivity index (χ3v) is 3.31. The molecule has 4 heteroatoms. The third-order valence-electron chi connectivity index (χ3n) is 3.31. The Labute approximate surface area is 115 Å². The molecule has 1 aromatic carbocycles. The molecule has 0 saturated heterocycles. The number of hydrogen-bond donors (Lipinski definition) is 1. The second-order valence-electron chi connectivity index (χ2n) is 4.53. The molecule has 0 aliphatic carbocycles. The van der Waals surface area contributed by atoms with Crippen LogP contribution in [0.5, 0.6) is 5.75 Å². The molecule has 108 valence electrons. The van der Waals surface area contributed by atoms with E-state index in [1.807, 2.05) is 0 Å². The summed E-state index contributed by atoms with van der Waals surface area (Å²) in [4.78, 5) is 2.24. The summed E-state index contributed by atoms with van der Waals surface area (Å²) in [7, 11) is 0. The molecule has 0 fully saturated rings. The van der Waals surface area contributed by atoms with E-state index < -0.39 is 0 Å². The number of benzene rings is 1. The molecule has 0 atom stereocenters. The zero-order valence-corrected chi connectivity index (χ0v) is 11.8. The summed E-state index contributed by atoms with van der Waals surface area (Å²) in [6, 6.07) is 6.51. The highest BCUT2D eigenvalue weighted by atomic mass is 19.1. The van der Waals surface area contributed by atoms with Gasteiger partial charge in [-0.2, -0.15) is 0 Å². The number of nitrogens with zero attached hydrogens (tertiary/aromatic N) is 1. The molecule has 0 amide bonds. The number of aliphatic hydroxyl groups is 1. The average Bonchev–Trinajstić information content (AvgIpc) is 2.42. The Hall–Kier alpha value is -1.13. The number of hydrogen-bond acceptors (Lipinski definition) is 3. The van der Waals surface area contributed by atoms with E-state index in [0.29, 0.717) is 24.9 Å². The minimum Gasteiger partial charge on any atom is -0.492 e. The van der Waals surface area contributed by atoms with Gasteiger partial charge in [-0.25, -0.2) is 4.39 Å². The Morgan fingerprint density at radius 1 is 1.16 bits per heavy atom. The topological polar surface area (TPSA) is 32.7 Å². The minimum absolute atomic E-state index is 0.160. The second kappa shape index (κ2) is 8.88. The van der Waals surface area contributed by atoms with Crippen LogP contribution in [0.15, 0.2) is 24.3 Å². The van der Waals surface area contributed by atoms with Crippen LogP contribution in [-0.4, -0.2) is 42.4 Å². The molecule has 1 N–H and O–H groups in total. The monoisotopic (exact) mass is 269 g/mol. The Morgan fingerprint density at radius 3 is 2.32 bits per heavy atom. The fourth-order valence-electron chi connectivity index (χ4n) is 2.22. The van der Waals surface area contributed by atoms with Crippen molar-refractivity contribution in [1.29, 1.82) is 0 Å². The number of aliphatic hydroxyl groups excluding tert-OH is 1. The molecule has 0 heterocycles. The van der Waals surface area contributed by atoms with Crippen LogP contribution >= 0.6 is 0 Å². The van der Waals surface area contributed by atoms with Gasteiger partial charge in [0.15, 0.2) is 0 Å². The zero-order valence-electron chi connectivity index (χ0n) is 11.8. The van der Waals surface area contributed by atoms with E-state index >= 15 is 0 Å². The fourth-order valence-corrected chi connectivity index (χ4v) is 2.22. The second-order valence-corrected chi connectivity index (χ2v) is 4.53. The van der Waals surface area contributed by atoms with E-state index in [-0.39, 0.29) is 12.4 Å². The van der Waals surface area contributed by atoms with E-state index in [4.69, 9.17) is 9.84 Å². The van der Waals surface area contributed by atoms with Gasteiger partial charge in [-0.3, -0.25) is 4.90 Å². The normalized spacial score (nSPS) is 11.3. The van der Waals surface area contributed by atoms with Crippen LogP contribution in [0.1, 0.15) is 26.7 Å². The Balaban J connectivity index is 2.41. The van der Waals surface area contributed by atoms with Crippen molar-refractivity contribution in [2.75, 3.05) is 26.3 Å². The van der Waals surface area contributed by atoms with Gasteiger partial charge in [-0.05, 0) is 37.1 Å². The average molecular weight is 269 g/mol. The lowest BCUT2D eigenvalue weighted by molar-refractivity contribution is 0.122. The smallest absolute Gasteiger partial charge is 0.123 e. The van der Waals surface area contributed by atoms with Gasteiger partial charge in [-0.1, -0.05) is 13.8 Å². The summed E-state index contributed by atoms with van der Waals surface area (Å²) >= 11 is 0. The third kappa shape index (κ3) is 5.57. The molecule has 0 aliphatic heterocycles. The molecule has 0 saturated carbocycles. The first kappa shape index (κ1) is 15.9. The number of rotatable bonds is 9. The van der Waals surface area contributed by atoms with Crippen LogP contribution in [0.3, 0.4) is 0 Å². The SMILES string of the molecule is CCC(CC)N(CCO)CCOc1ccc(F)cc1. The summed E-state index contributed by atoms with van der Waals surface area (Å²) < 4.78 is 18.3. The molecule has 0 aliphatic rings. The highest BCUT2D eigenvalue weighted by Gasteiger charge is 2.14. The van der Waals surface area contributed by atoms with Gasteiger partial charge in [0, 0.05) is 19.1 Å². The van der Waals surface area contributed by atoms with Gasteiger partial charge in [0.05, 0.1) is 6.61 Å². The highest BCUT2D eigenvalue weighted by molar-refractivity contribution is 5.21. The number of halogens is 1. The molecular formula is C15H24FNO2. The molecule has 19 heavy (non-hydrogen) atoms. The van der Waals surface area contributed by atoms with Gasteiger partial charge >= 0.3 is 0 Å². The summed E-state index contributed by atoms with van der Waals surface area (Å²) in [5.41, 5.74) is 0. The molecule has 3 nitrogen and oxygen atoms in total. The lowest BCUT2D eigenvalue weighted by Gasteiger charge is -2.29. The van der Waals surface area contributed by atoms with E-state index in [2.05, 4.69) is 18.7 Å². The van der Waals surface area contributed by atoms with Crippen LogP contribution in [0.2, 0.25) is 0 Å². The van der Waals surface area contributed by atoms with Gasteiger partial charge in [0.25, 0.3) is 0 Å². The van der Waals surface area contributed by atoms with Gasteiger partial charge in [-0.15, -0.1) is 0 Å². The molecule has 1 rings (SSSR count). The van der Waals surface area contributed by atoms with E-state index in [9.17, 15) is 4.39 Å². The predicted octanol–water partition coefficient (Wildman–Crippen LogP) is 2.69. The Kier molecular flexibility index (Phi) is 7.45. The molecule has 0 radical (unpaired) electrons. The lowest BCUT2D eigenvalue weighted by atomic mass is 10.1. The van der Waals surface area contributed by atoms with Crippen molar-refractivity contribution in [2.45, 2.75) is 32.7 Å². The van der Waals surface area contributed by atoms with Crippen molar-refractivity contribution in [3.05, 3.63) is 30.1 Å². The van der Waals surface area contributed by atoms with E-state index in [1.165, 1.54) is 12.1 Å². The first-order valence-corrected chi connectivity index (χ1v) is 6.94. The van der Waals surface area contributed by atoms with Gasteiger partial charge < -0.3 is 9.84 Å². The van der Waals surface area contributed by atoms with Crippen LogP contribution in [0.25, 0.3) is 0 Å². The maximum absolute atomic E-state index is 12.7. The first-order valence-electron chi connectivity index (χ1n) is 6.94. The molecule has 0 spiro atoms. The molecule has 0 aromatic heterocycles. The molecule has 0 bridgehead atoms. The lowest BCUT2D eigenvalue weighted by Crippen LogP contribution is -2.39. The van der Waals surface area contributed by atoms with Crippen molar-refractivity contribution < 1.29 is 14.2 Å². The van der Waals surface area contributed by atoms with Crippen LogP contribution in [-0.2, 0) is 0 Å². The van der Waals surface area contributed by atoms with Crippen LogP contribution in [0, 0.1) is 5.82 Å². The van der Waals surface area contributed by atoms with E-state index in [0.717, 1.165) is 19.4 Å². The van der Waals surface area contributed by atoms with Gasteiger partial charge in [0.2, 0.25) is 0 Å². The highest BCUT2D eigenvalue weighted by Crippen LogP contribution is 2.12. The summed E-state index contributed by atoms with van der Waals surface area (Å²) in [5, 5.41) is 9.10. The standard InChI is InChI=1S/C15H24FNO2/c1-3-14(4-2)17(9-11-18)10-12-19-15-7-5-13(16)6-8-15/h5-8,14,18H,3-4,9-12H2,1-2H3. The largest absolute Gasteiger partial charge is 0.492 e. The predicted molar refractivity (Wildman–Crippen MR) is 74.9 cm³/mol. The van der Waals surface area contributed by atoms with Crippen molar-refractivity contribution in [3.8, 4) is 5.75 Å². The Morgan fingerprint density at radius 2 is 1.79 bits per heavy atom. The molecule has 0 unspecified atom stereocenters. The van der Waals surface area contributed by atoms with Crippen LogP contribution < -0.4 is 4.74 Å². The van der Waals surface area contributed by atoms with Crippen molar-refractivity contribution in [3.63, 3.8) is 0 Å². The fraction of sp³-hybridized carbons (Fsp3) is 0.600. The quantitative estimate of drug-likeness (QED) is 0.748.